The predicted molar refractivity (Wildman–Crippen MR) is 117 cm³/mol. The summed E-state index contributed by atoms with van der Waals surface area (Å²) in [6, 6.07) is 15.2. The lowest BCUT2D eigenvalue weighted by molar-refractivity contribution is -0.118. The number of nitrogens with one attached hydrogen (secondary N) is 2. The Labute approximate surface area is 171 Å². The molecule has 2 heterocycles. The van der Waals surface area contributed by atoms with Gasteiger partial charge < -0.3 is 15.4 Å². The zero-order chi connectivity index (χ0) is 20.2. The number of anilines is 1. The number of aromatic amines is 1. The van der Waals surface area contributed by atoms with Crippen LogP contribution in [0.1, 0.15) is 31.7 Å². The van der Waals surface area contributed by atoms with Gasteiger partial charge in [0.25, 0.3) is 0 Å². The number of rotatable bonds is 6. The Morgan fingerprint density at radius 2 is 2.07 bits per heavy atom. The zero-order valence-corrected chi connectivity index (χ0v) is 16.9. The molecule has 2 aromatic carbocycles. The van der Waals surface area contributed by atoms with Crippen molar-refractivity contribution in [3.8, 4) is 5.75 Å². The number of hydrogen-bond donors (Lipinski definition) is 3. The van der Waals surface area contributed by atoms with Gasteiger partial charge in [0.1, 0.15) is 5.75 Å². The van der Waals surface area contributed by atoms with E-state index in [1.165, 1.54) is 16.5 Å². The summed E-state index contributed by atoms with van der Waals surface area (Å²) in [5.41, 5.74) is 3.18. The first-order chi connectivity index (χ1) is 14.1. The van der Waals surface area contributed by atoms with E-state index >= 15 is 0 Å². The molecule has 1 aliphatic heterocycles. The van der Waals surface area contributed by atoms with Gasteiger partial charge in [-0.05, 0) is 48.6 Å². The van der Waals surface area contributed by atoms with Gasteiger partial charge in [-0.1, -0.05) is 37.6 Å². The molecule has 1 amide bonds. The lowest BCUT2D eigenvalue weighted by atomic mass is 9.81. The standard InChI is InChI=1S/C24H29N3O2/c1-2-17-15-27(16-19-14-25-23-9-4-3-8-22(19)23)11-10-18(17)12-24(29)26-20-6-5-7-21(28)13-20/h3-9,13-14,17-18,25,28H,2,10-12,15-16H2,1H3,(H,26,29)/t17-,18-/m0/s1. The van der Waals surface area contributed by atoms with E-state index in [0.717, 1.165) is 32.5 Å². The number of fused-ring (bicyclic) bond motifs is 1. The number of phenolic OH excluding ortho intramolecular Hbond substituents is 1. The van der Waals surface area contributed by atoms with Crippen molar-refractivity contribution in [1.82, 2.24) is 9.88 Å². The average Bonchev–Trinajstić information content (AvgIpc) is 3.12. The van der Waals surface area contributed by atoms with E-state index in [1.54, 1.807) is 24.3 Å². The molecule has 4 rings (SSSR count). The van der Waals surface area contributed by atoms with Crippen LogP contribution in [0.2, 0.25) is 0 Å². The summed E-state index contributed by atoms with van der Waals surface area (Å²) in [5.74, 6) is 1.12. The van der Waals surface area contributed by atoms with Gasteiger partial charge in [-0.15, -0.1) is 0 Å². The van der Waals surface area contributed by atoms with Crippen LogP contribution < -0.4 is 5.32 Å². The molecule has 5 nitrogen and oxygen atoms in total. The molecule has 3 aromatic rings. The number of likely N-dealkylation sites (tertiary alicyclic amines) is 1. The topological polar surface area (TPSA) is 68.4 Å². The van der Waals surface area contributed by atoms with Crippen LogP contribution in [0.5, 0.6) is 5.75 Å². The van der Waals surface area contributed by atoms with E-state index in [4.69, 9.17) is 0 Å². The maximum Gasteiger partial charge on any atom is 0.224 e. The minimum Gasteiger partial charge on any atom is -0.508 e. The van der Waals surface area contributed by atoms with E-state index in [2.05, 4.69) is 52.6 Å². The highest BCUT2D eigenvalue weighted by Crippen LogP contribution is 2.31. The van der Waals surface area contributed by atoms with Gasteiger partial charge in [-0.3, -0.25) is 9.69 Å². The SMILES string of the molecule is CC[C@H]1CN(Cc2c[nH]c3ccccc23)CC[C@H]1CC(=O)Nc1cccc(O)c1. The number of H-pyrrole nitrogens is 1. The second-order valence-electron chi connectivity index (χ2n) is 8.11. The van der Waals surface area contributed by atoms with Crippen LogP contribution >= 0.6 is 0 Å². The first-order valence-electron chi connectivity index (χ1n) is 10.5. The number of aromatic nitrogens is 1. The van der Waals surface area contributed by atoms with E-state index in [-0.39, 0.29) is 11.7 Å². The minimum atomic E-state index is 0.0316. The summed E-state index contributed by atoms with van der Waals surface area (Å²) in [4.78, 5) is 18.4. The monoisotopic (exact) mass is 391 g/mol. The molecule has 1 saturated heterocycles. The Bertz CT molecular complexity index is 981. The smallest absolute Gasteiger partial charge is 0.224 e. The molecule has 2 atom stereocenters. The largest absolute Gasteiger partial charge is 0.508 e. The first kappa shape index (κ1) is 19.5. The van der Waals surface area contributed by atoms with Crippen LogP contribution in [-0.4, -0.2) is 34.0 Å². The van der Waals surface area contributed by atoms with Gasteiger partial charge in [0, 0.05) is 48.4 Å². The third-order valence-electron chi connectivity index (χ3n) is 6.15. The molecule has 1 aromatic heterocycles. The Kier molecular flexibility index (Phi) is 5.86. The number of phenols is 1. The molecule has 1 aliphatic rings. The van der Waals surface area contributed by atoms with Gasteiger partial charge in [-0.2, -0.15) is 0 Å². The summed E-state index contributed by atoms with van der Waals surface area (Å²) < 4.78 is 0. The van der Waals surface area contributed by atoms with Crippen molar-refractivity contribution in [2.45, 2.75) is 32.7 Å². The fourth-order valence-electron chi connectivity index (χ4n) is 4.57. The molecule has 0 bridgehead atoms. The van der Waals surface area contributed by atoms with E-state index in [0.29, 0.717) is 23.9 Å². The summed E-state index contributed by atoms with van der Waals surface area (Å²) in [6.45, 7) is 5.21. The molecule has 1 fully saturated rings. The third kappa shape index (κ3) is 4.62. The highest BCUT2D eigenvalue weighted by atomic mass is 16.3. The Balaban J connectivity index is 1.35. The number of amides is 1. The van der Waals surface area contributed by atoms with E-state index in [1.807, 2.05) is 0 Å². The first-order valence-corrected chi connectivity index (χ1v) is 10.5. The quantitative estimate of drug-likeness (QED) is 0.568. The fraction of sp³-hybridized carbons (Fsp3) is 0.375. The predicted octanol–water partition coefficient (Wildman–Crippen LogP) is 4.75. The molecular weight excluding hydrogens is 362 g/mol. The average molecular weight is 392 g/mol. The maximum absolute atomic E-state index is 12.5. The molecule has 0 unspecified atom stereocenters. The van der Waals surface area contributed by atoms with E-state index in [9.17, 15) is 9.90 Å². The summed E-state index contributed by atoms with van der Waals surface area (Å²) in [6.07, 6.45) is 4.78. The molecule has 0 saturated carbocycles. The van der Waals surface area contributed by atoms with Crippen molar-refractivity contribution < 1.29 is 9.90 Å². The number of piperidine rings is 1. The van der Waals surface area contributed by atoms with Crippen molar-refractivity contribution in [2.75, 3.05) is 18.4 Å². The van der Waals surface area contributed by atoms with Crippen LogP contribution in [-0.2, 0) is 11.3 Å². The molecule has 0 spiro atoms. The number of carbonyl (C=O) groups is 1. The minimum absolute atomic E-state index is 0.0316. The van der Waals surface area contributed by atoms with Crippen LogP contribution in [0.4, 0.5) is 5.69 Å². The second kappa shape index (κ2) is 8.70. The molecule has 5 heteroatoms. The zero-order valence-electron chi connectivity index (χ0n) is 16.9. The molecule has 3 N–H and O–H groups in total. The van der Waals surface area contributed by atoms with Crippen LogP contribution in [0, 0.1) is 11.8 Å². The number of nitrogens with zero attached hydrogens (tertiary/aromatic N) is 1. The van der Waals surface area contributed by atoms with Crippen LogP contribution in [0.25, 0.3) is 10.9 Å². The molecule has 29 heavy (non-hydrogen) atoms. The number of aromatic hydroxyl groups is 1. The number of para-hydroxylation sites is 1. The van der Waals surface area contributed by atoms with Crippen molar-refractivity contribution >= 4 is 22.5 Å². The Morgan fingerprint density at radius 3 is 2.90 bits per heavy atom. The molecular formula is C24H29N3O2. The maximum atomic E-state index is 12.5. The van der Waals surface area contributed by atoms with Crippen molar-refractivity contribution in [1.29, 1.82) is 0 Å². The number of carbonyl (C=O) groups excluding carboxylic acids is 1. The highest BCUT2D eigenvalue weighted by Gasteiger charge is 2.30. The normalized spacial score (nSPS) is 20.0. The van der Waals surface area contributed by atoms with Crippen LogP contribution in [0.15, 0.2) is 54.7 Å². The van der Waals surface area contributed by atoms with Gasteiger partial charge in [0.2, 0.25) is 5.91 Å². The van der Waals surface area contributed by atoms with Gasteiger partial charge >= 0.3 is 0 Å². The molecule has 152 valence electrons. The Morgan fingerprint density at radius 1 is 1.21 bits per heavy atom. The van der Waals surface area contributed by atoms with Crippen molar-refractivity contribution in [2.24, 2.45) is 11.8 Å². The van der Waals surface area contributed by atoms with Crippen LogP contribution in [0.3, 0.4) is 0 Å². The summed E-state index contributed by atoms with van der Waals surface area (Å²) in [5, 5.41) is 13.8. The lowest BCUT2D eigenvalue weighted by Gasteiger charge is -2.38. The Hall–Kier alpha value is -2.79. The number of benzene rings is 2. The lowest BCUT2D eigenvalue weighted by Crippen LogP contribution is -2.41. The van der Waals surface area contributed by atoms with Crippen molar-refractivity contribution in [3.05, 3.63) is 60.3 Å². The summed E-state index contributed by atoms with van der Waals surface area (Å²) >= 11 is 0. The van der Waals surface area contributed by atoms with E-state index < -0.39 is 0 Å². The van der Waals surface area contributed by atoms with Gasteiger partial charge in [-0.25, -0.2) is 0 Å². The van der Waals surface area contributed by atoms with Gasteiger partial charge in [0.05, 0.1) is 0 Å². The van der Waals surface area contributed by atoms with Gasteiger partial charge in [0.15, 0.2) is 0 Å². The second-order valence-corrected chi connectivity index (χ2v) is 8.11. The molecule has 0 aliphatic carbocycles. The third-order valence-corrected chi connectivity index (χ3v) is 6.15. The van der Waals surface area contributed by atoms with Crippen molar-refractivity contribution in [3.63, 3.8) is 0 Å². The fourth-order valence-corrected chi connectivity index (χ4v) is 4.57. The highest BCUT2D eigenvalue weighted by molar-refractivity contribution is 5.91. The molecule has 0 radical (unpaired) electrons. The number of hydrogen-bond acceptors (Lipinski definition) is 3. The summed E-state index contributed by atoms with van der Waals surface area (Å²) in [7, 11) is 0.